The molecule has 0 spiro atoms. The third kappa shape index (κ3) is 1.23. The summed E-state index contributed by atoms with van der Waals surface area (Å²) in [5.74, 6) is 0. The molecule has 2 rings (SSSR count). The van der Waals surface area contributed by atoms with Crippen LogP contribution >= 0.6 is 0 Å². The van der Waals surface area contributed by atoms with Crippen molar-refractivity contribution in [3.8, 4) is 0 Å². The van der Waals surface area contributed by atoms with Crippen LogP contribution in [0, 0.1) is 0 Å². The Hall–Kier alpha value is -0.870. The molecule has 0 bridgehead atoms. The second-order valence-corrected chi connectivity index (χ2v) is 3.04. The van der Waals surface area contributed by atoms with Crippen LogP contribution in [-0.4, -0.2) is 29.8 Å². The Morgan fingerprint density at radius 2 is 2.58 bits per heavy atom. The largest absolute Gasteiger partial charge is 0.378 e. The highest BCUT2D eigenvalue weighted by Crippen LogP contribution is 2.14. The average Bonchev–Trinajstić information content (AvgIpc) is 2.35. The monoisotopic (exact) mass is 167 g/mol. The standard InChI is InChI=1S/C8H13N3O/c1-12-5-8-4-10-6-11(8)7-2-9-3-7/h4,6-7,9H,2-3,5H2,1H3. The van der Waals surface area contributed by atoms with Gasteiger partial charge in [0.15, 0.2) is 0 Å². The van der Waals surface area contributed by atoms with E-state index >= 15 is 0 Å². The van der Waals surface area contributed by atoms with Gasteiger partial charge in [-0.25, -0.2) is 4.98 Å². The zero-order chi connectivity index (χ0) is 8.39. The molecule has 0 unspecified atom stereocenters. The van der Waals surface area contributed by atoms with Gasteiger partial charge in [0.2, 0.25) is 0 Å². The zero-order valence-electron chi connectivity index (χ0n) is 7.16. The average molecular weight is 167 g/mol. The smallest absolute Gasteiger partial charge is 0.0952 e. The van der Waals surface area contributed by atoms with E-state index in [0.29, 0.717) is 12.6 Å². The van der Waals surface area contributed by atoms with Crippen LogP contribution in [0.5, 0.6) is 0 Å². The van der Waals surface area contributed by atoms with Crippen LogP contribution in [0.1, 0.15) is 11.7 Å². The molecule has 0 saturated carbocycles. The van der Waals surface area contributed by atoms with Crippen molar-refractivity contribution in [2.24, 2.45) is 0 Å². The van der Waals surface area contributed by atoms with Crippen molar-refractivity contribution in [1.82, 2.24) is 14.9 Å². The van der Waals surface area contributed by atoms with E-state index in [1.807, 2.05) is 12.5 Å². The van der Waals surface area contributed by atoms with Gasteiger partial charge in [0.25, 0.3) is 0 Å². The van der Waals surface area contributed by atoms with Crippen LogP contribution in [0.25, 0.3) is 0 Å². The van der Waals surface area contributed by atoms with Crippen molar-refractivity contribution in [1.29, 1.82) is 0 Å². The third-order valence-electron chi connectivity index (χ3n) is 2.19. The van der Waals surface area contributed by atoms with Crippen molar-refractivity contribution in [3.63, 3.8) is 0 Å². The van der Waals surface area contributed by atoms with Crippen LogP contribution in [0.2, 0.25) is 0 Å². The fraction of sp³-hybridized carbons (Fsp3) is 0.625. The van der Waals surface area contributed by atoms with Crippen molar-refractivity contribution in [3.05, 3.63) is 18.2 Å². The highest BCUT2D eigenvalue weighted by atomic mass is 16.5. The lowest BCUT2D eigenvalue weighted by Gasteiger charge is -2.29. The number of nitrogens with zero attached hydrogens (tertiary/aromatic N) is 2. The van der Waals surface area contributed by atoms with E-state index in [4.69, 9.17) is 4.74 Å². The van der Waals surface area contributed by atoms with Crippen LogP contribution < -0.4 is 5.32 Å². The van der Waals surface area contributed by atoms with Crippen molar-refractivity contribution in [2.45, 2.75) is 12.6 Å². The molecule has 0 aromatic carbocycles. The Morgan fingerprint density at radius 1 is 1.75 bits per heavy atom. The van der Waals surface area contributed by atoms with Crippen molar-refractivity contribution in [2.75, 3.05) is 20.2 Å². The molecule has 4 nitrogen and oxygen atoms in total. The van der Waals surface area contributed by atoms with Gasteiger partial charge >= 0.3 is 0 Å². The minimum atomic E-state index is 0.581. The summed E-state index contributed by atoms with van der Waals surface area (Å²) in [6.45, 7) is 2.75. The van der Waals surface area contributed by atoms with Gasteiger partial charge in [0.05, 0.1) is 30.9 Å². The zero-order valence-corrected chi connectivity index (χ0v) is 7.16. The molecule has 0 atom stereocenters. The van der Waals surface area contributed by atoms with E-state index < -0.39 is 0 Å². The second kappa shape index (κ2) is 3.25. The number of imidazole rings is 1. The molecule has 0 radical (unpaired) electrons. The van der Waals surface area contributed by atoms with E-state index in [0.717, 1.165) is 18.8 Å². The van der Waals surface area contributed by atoms with Gasteiger partial charge in [0, 0.05) is 20.2 Å². The molecule has 1 aromatic heterocycles. The molecule has 4 heteroatoms. The molecular formula is C8H13N3O. The number of hydrogen-bond acceptors (Lipinski definition) is 3. The maximum atomic E-state index is 5.06. The molecule has 0 amide bonds. The lowest BCUT2D eigenvalue weighted by Crippen LogP contribution is -2.43. The van der Waals surface area contributed by atoms with Gasteiger partial charge < -0.3 is 14.6 Å². The first-order chi connectivity index (χ1) is 5.92. The molecule has 1 aromatic rings. The number of methoxy groups -OCH3 is 1. The Balaban J connectivity index is 2.12. The molecule has 12 heavy (non-hydrogen) atoms. The molecule has 66 valence electrons. The molecule has 0 aliphatic carbocycles. The minimum absolute atomic E-state index is 0.581. The van der Waals surface area contributed by atoms with Crippen LogP contribution in [0.4, 0.5) is 0 Å². The van der Waals surface area contributed by atoms with Crippen molar-refractivity contribution < 1.29 is 4.74 Å². The van der Waals surface area contributed by atoms with E-state index in [9.17, 15) is 0 Å². The van der Waals surface area contributed by atoms with Crippen LogP contribution in [0.15, 0.2) is 12.5 Å². The quantitative estimate of drug-likeness (QED) is 0.697. The van der Waals surface area contributed by atoms with Crippen LogP contribution in [0.3, 0.4) is 0 Å². The summed E-state index contributed by atoms with van der Waals surface area (Å²) in [5, 5.41) is 3.23. The minimum Gasteiger partial charge on any atom is -0.378 e. The summed E-state index contributed by atoms with van der Waals surface area (Å²) in [5.41, 5.74) is 1.16. The number of rotatable bonds is 3. The maximum absolute atomic E-state index is 5.06. The fourth-order valence-electron chi connectivity index (χ4n) is 1.39. The van der Waals surface area contributed by atoms with Gasteiger partial charge in [-0.15, -0.1) is 0 Å². The molecule has 1 N–H and O–H groups in total. The van der Waals surface area contributed by atoms with Crippen molar-refractivity contribution >= 4 is 0 Å². The summed E-state index contributed by atoms with van der Waals surface area (Å²) >= 11 is 0. The summed E-state index contributed by atoms with van der Waals surface area (Å²) in [6.07, 6.45) is 3.74. The molecule has 2 heterocycles. The normalized spacial score (nSPS) is 17.8. The van der Waals surface area contributed by atoms with E-state index in [-0.39, 0.29) is 0 Å². The molecule has 1 aliphatic heterocycles. The van der Waals surface area contributed by atoms with Gasteiger partial charge in [-0.3, -0.25) is 0 Å². The molecule has 1 aliphatic rings. The number of aromatic nitrogens is 2. The first-order valence-corrected chi connectivity index (χ1v) is 4.12. The number of ether oxygens (including phenoxy) is 1. The highest BCUT2D eigenvalue weighted by Gasteiger charge is 2.20. The SMILES string of the molecule is COCc1cncn1C1CNC1. The van der Waals surface area contributed by atoms with E-state index in [1.54, 1.807) is 7.11 Å². The molecule has 1 fully saturated rings. The lowest BCUT2D eigenvalue weighted by atomic mass is 10.2. The van der Waals surface area contributed by atoms with E-state index in [1.165, 1.54) is 0 Å². The second-order valence-electron chi connectivity index (χ2n) is 3.04. The molecule has 1 saturated heterocycles. The third-order valence-corrected chi connectivity index (χ3v) is 2.19. The Morgan fingerprint density at radius 3 is 3.17 bits per heavy atom. The number of nitrogens with one attached hydrogen (secondary N) is 1. The first-order valence-electron chi connectivity index (χ1n) is 4.12. The summed E-state index contributed by atoms with van der Waals surface area (Å²) < 4.78 is 7.24. The predicted octanol–water partition coefficient (Wildman–Crippen LogP) is 0.174. The summed E-state index contributed by atoms with van der Waals surface area (Å²) in [7, 11) is 1.70. The predicted molar refractivity (Wildman–Crippen MR) is 44.8 cm³/mol. The van der Waals surface area contributed by atoms with E-state index in [2.05, 4.69) is 14.9 Å². The lowest BCUT2D eigenvalue weighted by molar-refractivity contribution is 0.173. The maximum Gasteiger partial charge on any atom is 0.0952 e. The Labute approximate surface area is 71.6 Å². The van der Waals surface area contributed by atoms with Gasteiger partial charge in [-0.2, -0.15) is 0 Å². The molecular weight excluding hydrogens is 154 g/mol. The van der Waals surface area contributed by atoms with Gasteiger partial charge in [-0.05, 0) is 0 Å². The Kier molecular flexibility index (Phi) is 2.10. The summed E-state index contributed by atoms with van der Waals surface area (Å²) in [6, 6.07) is 0.581. The van der Waals surface area contributed by atoms with Gasteiger partial charge in [0.1, 0.15) is 0 Å². The summed E-state index contributed by atoms with van der Waals surface area (Å²) in [4.78, 5) is 4.10. The number of hydrogen-bond donors (Lipinski definition) is 1. The fourth-order valence-corrected chi connectivity index (χ4v) is 1.39. The topological polar surface area (TPSA) is 39.1 Å². The highest BCUT2D eigenvalue weighted by molar-refractivity contribution is 5.01. The first kappa shape index (κ1) is 7.76. The van der Waals surface area contributed by atoms with Gasteiger partial charge in [-0.1, -0.05) is 0 Å². The van der Waals surface area contributed by atoms with Crippen LogP contribution in [-0.2, 0) is 11.3 Å². The Bertz CT molecular complexity index is 255.